The summed E-state index contributed by atoms with van der Waals surface area (Å²) in [7, 11) is 0. The normalized spacial score (nSPS) is 12.5. The highest BCUT2D eigenvalue weighted by Crippen LogP contribution is 2.17. The van der Waals surface area contributed by atoms with Crippen LogP contribution >= 0.6 is 11.8 Å². The average Bonchev–Trinajstić information content (AvgIpc) is 2.54. The number of thioether (sulfide) groups is 1. The Labute approximate surface area is 172 Å². The Kier molecular flexibility index (Phi) is 9.01. The lowest BCUT2D eigenvalue weighted by Gasteiger charge is -2.27. The summed E-state index contributed by atoms with van der Waals surface area (Å²) in [6.45, 7) is 11.1. The highest BCUT2D eigenvalue weighted by molar-refractivity contribution is 8.13. The second kappa shape index (κ2) is 10.5. The molecular formula is C21H32N2O4S. The van der Waals surface area contributed by atoms with Crippen LogP contribution in [-0.2, 0) is 15.9 Å². The molecule has 6 nitrogen and oxygen atoms in total. The van der Waals surface area contributed by atoms with Crippen LogP contribution in [0, 0.1) is 0 Å². The summed E-state index contributed by atoms with van der Waals surface area (Å²) in [4.78, 5) is 30.3. The summed E-state index contributed by atoms with van der Waals surface area (Å²) >= 11 is 1.21. The molecule has 0 N–H and O–H groups in total. The standard InChI is InChI=1S/C21H32N2O4S/c1-20(2,3)26-18(24)22-17(28-7)23(19(25)27-21(4,5)6)15-11-14-16-12-9-8-10-13-16/h8-10,12-13H,11,14-15H2,1-7H3. The molecule has 0 radical (unpaired) electrons. The van der Waals surface area contributed by atoms with E-state index in [0.717, 1.165) is 6.42 Å². The summed E-state index contributed by atoms with van der Waals surface area (Å²) in [5.41, 5.74) is -0.125. The van der Waals surface area contributed by atoms with E-state index in [1.54, 1.807) is 47.8 Å². The zero-order valence-corrected chi connectivity index (χ0v) is 18.8. The highest BCUT2D eigenvalue weighted by atomic mass is 32.2. The van der Waals surface area contributed by atoms with Gasteiger partial charge in [-0.2, -0.15) is 4.99 Å². The SMILES string of the molecule is CSC(=NC(=O)OC(C)(C)C)N(CCCc1ccccc1)C(=O)OC(C)(C)C. The third-order valence-corrected chi connectivity index (χ3v) is 3.97. The quantitative estimate of drug-likeness (QED) is 0.485. The van der Waals surface area contributed by atoms with Crippen molar-refractivity contribution in [3.05, 3.63) is 35.9 Å². The predicted octanol–water partition coefficient (Wildman–Crippen LogP) is 5.51. The number of amides is 2. The molecule has 0 unspecified atom stereocenters. The molecule has 0 heterocycles. The fourth-order valence-electron chi connectivity index (χ4n) is 2.25. The van der Waals surface area contributed by atoms with Crippen molar-refractivity contribution in [1.29, 1.82) is 0 Å². The lowest BCUT2D eigenvalue weighted by atomic mass is 10.1. The van der Waals surface area contributed by atoms with Crippen molar-refractivity contribution in [1.82, 2.24) is 4.90 Å². The minimum absolute atomic E-state index is 0.261. The van der Waals surface area contributed by atoms with Crippen molar-refractivity contribution in [2.24, 2.45) is 4.99 Å². The molecule has 0 fully saturated rings. The number of aryl methyl sites for hydroxylation is 1. The Morgan fingerprint density at radius 2 is 1.57 bits per heavy atom. The molecule has 0 aromatic heterocycles. The van der Waals surface area contributed by atoms with Gasteiger partial charge in [0.1, 0.15) is 11.2 Å². The van der Waals surface area contributed by atoms with Crippen molar-refractivity contribution in [2.45, 2.75) is 65.6 Å². The maximum absolute atomic E-state index is 12.7. The molecule has 156 valence electrons. The number of rotatable bonds is 4. The molecule has 0 atom stereocenters. The first-order valence-electron chi connectivity index (χ1n) is 9.31. The van der Waals surface area contributed by atoms with Crippen molar-refractivity contribution in [3.63, 3.8) is 0 Å². The fourth-order valence-corrected chi connectivity index (χ4v) is 2.80. The Morgan fingerprint density at radius 3 is 2.07 bits per heavy atom. The lowest BCUT2D eigenvalue weighted by molar-refractivity contribution is 0.0372. The molecular weight excluding hydrogens is 376 g/mol. The number of benzene rings is 1. The largest absolute Gasteiger partial charge is 0.443 e. The summed E-state index contributed by atoms with van der Waals surface area (Å²) in [5, 5.41) is 0.261. The first-order chi connectivity index (χ1) is 12.9. The zero-order chi connectivity index (χ0) is 21.4. The number of aliphatic imine (C=N–C) groups is 1. The van der Waals surface area contributed by atoms with E-state index in [1.165, 1.54) is 22.2 Å². The van der Waals surface area contributed by atoms with Gasteiger partial charge in [0.2, 0.25) is 0 Å². The number of hydrogen-bond acceptors (Lipinski definition) is 5. The van der Waals surface area contributed by atoms with Crippen LogP contribution in [-0.4, -0.2) is 46.3 Å². The number of carbonyl (C=O) groups is 2. The molecule has 1 aromatic rings. The van der Waals surface area contributed by atoms with Crippen LogP contribution in [0.2, 0.25) is 0 Å². The smallest absolute Gasteiger partial charge is 0.436 e. The topological polar surface area (TPSA) is 68.2 Å². The maximum Gasteiger partial charge on any atom is 0.436 e. The Morgan fingerprint density at radius 1 is 1.00 bits per heavy atom. The molecule has 0 saturated carbocycles. The molecule has 1 rings (SSSR count). The minimum atomic E-state index is -0.728. The van der Waals surface area contributed by atoms with Gasteiger partial charge in [0, 0.05) is 6.54 Å². The number of ether oxygens (including phenoxy) is 2. The number of carbonyl (C=O) groups excluding carboxylic acids is 2. The second-order valence-corrected chi connectivity index (χ2v) is 9.07. The zero-order valence-electron chi connectivity index (χ0n) is 17.9. The van der Waals surface area contributed by atoms with Crippen molar-refractivity contribution < 1.29 is 19.1 Å². The minimum Gasteiger partial charge on any atom is -0.443 e. The van der Waals surface area contributed by atoms with Gasteiger partial charge in [-0.05, 0) is 66.2 Å². The first kappa shape index (κ1) is 24.0. The monoisotopic (exact) mass is 408 g/mol. The van der Waals surface area contributed by atoms with E-state index in [4.69, 9.17) is 9.47 Å². The van der Waals surface area contributed by atoms with Gasteiger partial charge in [-0.15, -0.1) is 0 Å². The Hall–Kier alpha value is -2.02. The van der Waals surface area contributed by atoms with E-state index in [0.29, 0.717) is 13.0 Å². The van der Waals surface area contributed by atoms with Crippen molar-refractivity contribution in [3.8, 4) is 0 Å². The third kappa shape index (κ3) is 9.78. The van der Waals surface area contributed by atoms with Crippen LogP contribution in [0.1, 0.15) is 53.5 Å². The van der Waals surface area contributed by atoms with Crippen LogP contribution in [0.5, 0.6) is 0 Å². The molecule has 0 saturated heterocycles. The lowest BCUT2D eigenvalue weighted by Crippen LogP contribution is -2.41. The van der Waals surface area contributed by atoms with Crippen LogP contribution < -0.4 is 0 Å². The molecule has 2 amide bonds. The van der Waals surface area contributed by atoms with Crippen molar-refractivity contribution in [2.75, 3.05) is 12.8 Å². The van der Waals surface area contributed by atoms with E-state index in [1.807, 2.05) is 30.3 Å². The van der Waals surface area contributed by atoms with E-state index in [2.05, 4.69) is 4.99 Å². The Bertz CT molecular complexity index is 676. The number of nitrogens with zero attached hydrogens (tertiary/aromatic N) is 2. The summed E-state index contributed by atoms with van der Waals surface area (Å²) in [6.07, 6.45) is 2.01. The van der Waals surface area contributed by atoms with Gasteiger partial charge in [0.05, 0.1) is 0 Å². The summed E-state index contributed by atoms with van der Waals surface area (Å²) in [6, 6.07) is 10.0. The molecule has 0 aliphatic rings. The third-order valence-electron chi connectivity index (χ3n) is 3.30. The maximum atomic E-state index is 12.7. The average molecular weight is 409 g/mol. The molecule has 28 heavy (non-hydrogen) atoms. The highest BCUT2D eigenvalue weighted by Gasteiger charge is 2.27. The van der Waals surface area contributed by atoms with Gasteiger partial charge >= 0.3 is 12.2 Å². The molecule has 0 bridgehead atoms. The van der Waals surface area contributed by atoms with E-state index < -0.39 is 23.4 Å². The van der Waals surface area contributed by atoms with Crippen LogP contribution in [0.15, 0.2) is 35.3 Å². The summed E-state index contributed by atoms with van der Waals surface area (Å²) < 4.78 is 10.8. The second-order valence-electron chi connectivity index (χ2n) is 8.30. The molecule has 1 aromatic carbocycles. The van der Waals surface area contributed by atoms with Gasteiger partial charge in [-0.25, -0.2) is 9.59 Å². The molecule has 0 aliphatic heterocycles. The Balaban J connectivity index is 2.95. The van der Waals surface area contributed by atoms with Gasteiger partial charge in [-0.3, -0.25) is 4.90 Å². The predicted molar refractivity (Wildman–Crippen MR) is 115 cm³/mol. The molecule has 0 spiro atoms. The number of amidine groups is 1. The van der Waals surface area contributed by atoms with E-state index in [9.17, 15) is 9.59 Å². The van der Waals surface area contributed by atoms with Gasteiger partial charge in [-0.1, -0.05) is 42.1 Å². The van der Waals surface area contributed by atoms with Gasteiger partial charge < -0.3 is 9.47 Å². The van der Waals surface area contributed by atoms with Crippen LogP contribution in [0.25, 0.3) is 0 Å². The van der Waals surface area contributed by atoms with E-state index >= 15 is 0 Å². The van der Waals surface area contributed by atoms with Gasteiger partial charge in [0.15, 0.2) is 5.17 Å². The van der Waals surface area contributed by atoms with Crippen LogP contribution in [0.3, 0.4) is 0 Å². The van der Waals surface area contributed by atoms with Crippen molar-refractivity contribution >= 4 is 29.1 Å². The van der Waals surface area contributed by atoms with Crippen LogP contribution in [0.4, 0.5) is 9.59 Å². The van der Waals surface area contributed by atoms with Gasteiger partial charge in [0.25, 0.3) is 0 Å². The number of hydrogen-bond donors (Lipinski definition) is 0. The molecule has 7 heteroatoms. The first-order valence-corrected chi connectivity index (χ1v) is 10.5. The van der Waals surface area contributed by atoms with E-state index in [-0.39, 0.29) is 5.17 Å². The fraction of sp³-hybridized carbons (Fsp3) is 0.571. The summed E-state index contributed by atoms with van der Waals surface area (Å²) in [5.74, 6) is 0. The molecule has 0 aliphatic carbocycles.